The second-order valence-corrected chi connectivity index (χ2v) is 5.64. The number of benzene rings is 2. The molecule has 0 aliphatic rings. The number of nitrogens with one attached hydrogen (secondary N) is 2. The predicted molar refractivity (Wildman–Crippen MR) is 102 cm³/mol. The largest absolute Gasteiger partial charge is 0.351 e. The van der Waals surface area contributed by atoms with E-state index in [0.717, 1.165) is 11.1 Å². The number of carbonyl (C=O) groups is 2. The molecule has 0 fully saturated rings. The SMILES string of the molecule is CC(NC(=O)CNC(=O)CN)C(c1ccccc1)c1ccccc1.Cl. The molecule has 0 bridgehead atoms. The van der Waals surface area contributed by atoms with Gasteiger partial charge in [-0.3, -0.25) is 9.59 Å². The maximum absolute atomic E-state index is 12.1. The van der Waals surface area contributed by atoms with Crippen molar-refractivity contribution in [3.8, 4) is 0 Å². The van der Waals surface area contributed by atoms with Crippen molar-refractivity contribution in [3.05, 3.63) is 71.8 Å². The summed E-state index contributed by atoms with van der Waals surface area (Å²) in [5.74, 6) is -0.553. The van der Waals surface area contributed by atoms with Crippen LogP contribution in [0.4, 0.5) is 0 Å². The highest BCUT2D eigenvalue weighted by Crippen LogP contribution is 2.27. The van der Waals surface area contributed by atoms with E-state index in [4.69, 9.17) is 5.73 Å². The molecule has 25 heavy (non-hydrogen) atoms. The normalized spacial score (nSPS) is 11.3. The number of amides is 2. The average molecular weight is 362 g/mol. The molecule has 0 aliphatic carbocycles. The van der Waals surface area contributed by atoms with Gasteiger partial charge in [-0.05, 0) is 18.1 Å². The highest BCUT2D eigenvalue weighted by atomic mass is 35.5. The van der Waals surface area contributed by atoms with Crippen LogP contribution < -0.4 is 16.4 Å². The molecule has 0 spiro atoms. The minimum atomic E-state index is -0.347. The molecule has 0 radical (unpaired) electrons. The van der Waals surface area contributed by atoms with E-state index >= 15 is 0 Å². The van der Waals surface area contributed by atoms with E-state index in [1.54, 1.807) is 0 Å². The van der Waals surface area contributed by atoms with Crippen molar-refractivity contribution < 1.29 is 9.59 Å². The lowest BCUT2D eigenvalue weighted by Gasteiger charge is -2.26. The second kappa shape index (κ2) is 10.5. The molecule has 1 unspecified atom stereocenters. The van der Waals surface area contributed by atoms with Crippen LogP contribution in [-0.2, 0) is 9.59 Å². The van der Waals surface area contributed by atoms with Gasteiger partial charge in [0, 0.05) is 12.0 Å². The molecule has 0 aliphatic heterocycles. The van der Waals surface area contributed by atoms with Gasteiger partial charge in [0.05, 0.1) is 13.1 Å². The molecule has 2 aromatic rings. The molecular weight excluding hydrogens is 338 g/mol. The molecule has 2 amide bonds. The standard InChI is InChI=1S/C19H23N3O2.ClH/c1-14(22-18(24)13-21-17(23)12-20)19(15-8-4-2-5-9-15)16-10-6-3-7-11-16;/h2-11,14,19H,12-13,20H2,1H3,(H,21,23)(H,22,24);1H. The number of hydrogen-bond donors (Lipinski definition) is 3. The first kappa shape index (κ1) is 20.7. The van der Waals surface area contributed by atoms with Gasteiger partial charge < -0.3 is 16.4 Å². The van der Waals surface area contributed by atoms with Crippen LogP contribution in [0, 0.1) is 0 Å². The Hall–Kier alpha value is -2.37. The van der Waals surface area contributed by atoms with Gasteiger partial charge in [-0.2, -0.15) is 0 Å². The molecule has 0 saturated carbocycles. The molecule has 0 saturated heterocycles. The summed E-state index contributed by atoms with van der Waals surface area (Å²) in [5, 5.41) is 5.44. The summed E-state index contributed by atoms with van der Waals surface area (Å²) >= 11 is 0. The number of carbonyl (C=O) groups excluding carboxylic acids is 2. The maximum atomic E-state index is 12.1. The van der Waals surface area contributed by atoms with E-state index in [0.29, 0.717) is 0 Å². The first-order valence-electron chi connectivity index (χ1n) is 7.98. The fraction of sp³-hybridized carbons (Fsp3) is 0.263. The fourth-order valence-electron chi connectivity index (χ4n) is 2.73. The number of rotatable bonds is 7. The van der Waals surface area contributed by atoms with Crippen molar-refractivity contribution in [3.63, 3.8) is 0 Å². The van der Waals surface area contributed by atoms with E-state index in [9.17, 15) is 9.59 Å². The Morgan fingerprint density at radius 3 is 1.84 bits per heavy atom. The molecule has 1 atom stereocenters. The summed E-state index contributed by atoms with van der Waals surface area (Å²) in [4.78, 5) is 23.2. The van der Waals surface area contributed by atoms with Crippen LogP contribution in [0.2, 0.25) is 0 Å². The van der Waals surface area contributed by atoms with Crippen LogP contribution >= 0.6 is 12.4 Å². The van der Waals surface area contributed by atoms with Gasteiger partial charge in [0.1, 0.15) is 0 Å². The van der Waals surface area contributed by atoms with Gasteiger partial charge in [0.25, 0.3) is 0 Å². The highest BCUT2D eigenvalue weighted by Gasteiger charge is 2.22. The third-order valence-corrected chi connectivity index (χ3v) is 3.84. The minimum absolute atomic E-state index is 0. The van der Waals surface area contributed by atoms with Gasteiger partial charge in [0.2, 0.25) is 11.8 Å². The Labute approximate surface area is 154 Å². The minimum Gasteiger partial charge on any atom is -0.351 e. The van der Waals surface area contributed by atoms with Crippen LogP contribution in [0.25, 0.3) is 0 Å². The summed E-state index contributed by atoms with van der Waals surface area (Å²) in [6.07, 6.45) is 0. The first-order valence-corrected chi connectivity index (χ1v) is 7.98. The average Bonchev–Trinajstić information content (AvgIpc) is 2.61. The van der Waals surface area contributed by atoms with Crippen molar-refractivity contribution in [1.82, 2.24) is 10.6 Å². The van der Waals surface area contributed by atoms with Gasteiger partial charge in [-0.25, -0.2) is 0 Å². The van der Waals surface area contributed by atoms with Crippen LogP contribution in [-0.4, -0.2) is 30.9 Å². The Bertz CT molecular complexity index is 625. The summed E-state index contributed by atoms with van der Waals surface area (Å²) in [5.41, 5.74) is 7.47. The predicted octanol–water partition coefficient (Wildman–Crippen LogP) is 1.82. The molecule has 0 aromatic heterocycles. The smallest absolute Gasteiger partial charge is 0.239 e. The summed E-state index contributed by atoms with van der Waals surface area (Å²) in [7, 11) is 0. The Kier molecular flexibility index (Phi) is 8.67. The zero-order valence-corrected chi connectivity index (χ0v) is 15.0. The Morgan fingerprint density at radius 1 is 0.920 bits per heavy atom. The van der Waals surface area contributed by atoms with E-state index in [2.05, 4.69) is 34.9 Å². The molecule has 5 nitrogen and oxygen atoms in total. The van der Waals surface area contributed by atoms with Crippen LogP contribution in [0.1, 0.15) is 24.0 Å². The van der Waals surface area contributed by atoms with Crippen LogP contribution in [0.5, 0.6) is 0 Å². The monoisotopic (exact) mass is 361 g/mol. The zero-order valence-electron chi connectivity index (χ0n) is 14.1. The lowest BCUT2D eigenvalue weighted by molar-refractivity contribution is -0.125. The Balaban J connectivity index is 0.00000312. The highest BCUT2D eigenvalue weighted by molar-refractivity contribution is 5.86. The lowest BCUT2D eigenvalue weighted by Crippen LogP contribution is -2.44. The van der Waals surface area contributed by atoms with E-state index in [-0.39, 0.29) is 49.3 Å². The van der Waals surface area contributed by atoms with Gasteiger partial charge in [-0.15, -0.1) is 12.4 Å². The van der Waals surface area contributed by atoms with Crippen molar-refractivity contribution in [2.24, 2.45) is 5.73 Å². The second-order valence-electron chi connectivity index (χ2n) is 5.64. The number of hydrogen-bond acceptors (Lipinski definition) is 3. The zero-order chi connectivity index (χ0) is 17.4. The van der Waals surface area contributed by atoms with Crippen LogP contribution in [0.15, 0.2) is 60.7 Å². The van der Waals surface area contributed by atoms with Crippen LogP contribution in [0.3, 0.4) is 0 Å². The topological polar surface area (TPSA) is 84.2 Å². The third-order valence-electron chi connectivity index (χ3n) is 3.84. The summed E-state index contributed by atoms with van der Waals surface area (Å²) in [6.45, 7) is 1.77. The van der Waals surface area contributed by atoms with E-state index in [1.165, 1.54) is 0 Å². The molecule has 0 heterocycles. The summed E-state index contributed by atoms with van der Waals surface area (Å²) in [6, 6.07) is 20.0. The maximum Gasteiger partial charge on any atom is 0.239 e. The van der Waals surface area contributed by atoms with Gasteiger partial charge in [-0.1, -0.05) is 60.7 Å². The van der Waals surface area contributed by atoms with Crippen molar-refractivity contribution in [1.29, 1.82) is 0 Å². The first-order chi connectivity index (χ1) is 11.6. The quantitative estimate of drug-likeness (QED) is 0.703. The summed E-state index contributed by atoms with van der Waals surface area (Å²) < 4.78 is 0. The molecule has 6 heteroatoms. The van der Waals surface area contributed by atoms with E-state index in [1.807, 2.05) is 43.3 Å². The fourth-order valence-corrected chi connectivity index (χ4v) is 2.73. The number of nitrogens with two attached hydrogens (primary N) is 1. The molecular formula is C19H24ClN3O2. The van der Waals surface area contributed by atoms with Crippen molar-refractivity contribution >= 4 is 24.2 Å². The van der Waals surface area contributed by atoms with Crippen molar-refractivity contribution in [2.75, 3.05) is 13.1 Å². The molecule has 2 aromatic carbocycles. The Morgan fingerprint density at radius 2 is 1.40 bits per heavy atom. The molecule has 4 N–H and O–H groups in total. The van der Waals surface area contributed by atoms with Gasteiger partial charge >= 0.3 is 0 Å². The number of halogens is 1. The van der Waals surface area contributed by atoms with E-state index < -0.39 is 0 Å². The van der Waals surface area contributed by atoms with Crippen molar-refractivity contribution in [2.45, 2.75) is 18.9 Å². The third kappa shape index (κ3) is 6.21. The molecule has 134 valence electrons. The lowest BCUT2D eigenvalue weighted by atomic mass is 9.86. The van der Waals surface area contributed by atoms with Gasteiger partial charge in [0.15, 0.2) is 0 Å². The molecule has 2 rings (SSSR count).